The zero-order valence-electron chi connectivity index (χ0n) is 12.9. The largest absolute Gasteiger partial charge is 0.360 e. The summed E-state index contributed by atoms with van der Waals surface area (Å²) in [5.41, 5.74) is 1.40. The van der Waals surface area contributed by atoms with Crippen LogP contribution in [0.3, 0.4) is 0 Å². The van der Waals surface area contributed by atoms with Crippen LogP contribution in [-0.2, 0) is 11.2 Å². The van der Waals surface area contributed by atoms with Crippen LogP contribution < -0.4 is 16.0 Å². The van der Waals surface area contributed by atoms with Crippen LogP contribution in [0.5, 0.6) is 0 Å². The van der Waals surface area contributed by atoms with E-state index in [-0.39, 0.29) is 24.1 Å². The van der Waals surface area contributed by atoms with E-state index in [1.807, 2.05) is 30.3 Å². The van der Waals surface area contributed by atoms with Gasteiger partial charge in [0.05, 0.1) is 6.54 Å². The fourth-order valence-electron chi connectivity index (χ4n) is 1.90. The van der Waals surface area contributed by atoms with Crippen LogP contribution in [0.15, 0.2) is 42.5 Å². The molecular weight excluding hydrogens is 294 g/mol. The van der Waals surface area contributed by atoms with Crippen molar-refractivity contribution in [2.45, 2.75) is 6.42 Å². The molecule has 0 radical (unpaired) electrons. The lowest BCUT2D eigenvalue weighted by Crippen LogP contribution is -2.31. The summed E-state index contributed by atoms with van der Waals surface area (Å²) in [5, 5.41) is 15.8. The lowest BCUT2D eigenvalue weighted by molar-refractivity contribution is -0.119. The van der Waals surface area contributed by atoms with Crippen LogP contribution >= 0.6 is 0 Å². The molecule has 2 rings (SSSR count). The van der Waals surface area contributed by atoms with Crippen molar-refractivity contribution >= 4 is 17.6 Å². The SMILES string of the molecule is CNC(=O)c1ccc(NCC(=O)NCCc2ccccc2)nn1. The molecule has 0 saturated heterocycles. The molecule has 7 heteroatoms. The Balaban J connectivity index is 1.70. The van der Waals surface area contributed by atoms with Crippen LogP contribution in [0.4, 0.5) is 5.82 Å². The van der Waals surface area contributed by atoms with E-state index in [0.29, 0.717) is 12.4 Å². The first kappa shape index (κ1) is 16.4. The molecule has 0 spiro atoms. The van der Waals surface area contributed by atoms with Crippen LogP contribution in [0, 0.1) is 0 Å². The van der Waals surface area contributed by atoms with E-state index in [1.54, 1.807) is 12.1 Å². The summed E-state index contributed by atoms with van der Waals surface area (Å²) in [7, 11) is 1.52. The van der Waals surface area contributed by atoms with Gasteiger partial charge in [0.1, 0.15) is 5.82 Å². The number of nitrogens with one attached hydrogen (secondary N) is 3. The van der Waals surface area contributed by atoms with Gasteiger partial charge in [-0.15, -0.1) is 10.2 Å². The minimum Gasteiger partial charge on any atom is -0.360 e. The summed E-state index contributed by atoms with van der Waals surface area (Å²) in [6.45, 7) is 0.675. The molecular formula is C16H19N5O2. The van der Waals surface area contributed by atoms with Gasteiger partial charge < -0.3 is 16.0 Å². The van der Waals surface area contributed by atoms with Gasteiger partial charge in [0.25, 0.3) is 5.91 Å². The first-order valence-electron chi connectivity index (χ1n) is 7.29. The van der Waals surface area contributed by atoms with E-state index >= 15 is 0 Å². The van der Waals surface area contributed by atoms with Gasteiger partial charge in [-0.3, -0.25) is 9.59 Å². The zero-order valence-corrected chi connectivity index (χ0v) is 12.9. The number of carbonyl (C=O) groups is 2. The minimum absolute atomic E-state index is 0.1000. The summed E-state index contributed by atoms with van der Waals surface area (Å²) in [6, 6.07) is 13.1. The van der Waals surface area contributed by atoms with E-state index < -0.39 is 0 Å². The lowest BCUT2D eigenvalue weighted by Gasteiger charge is -2.07. The molecule has 0 aliphatic carbocycles. The molecule has 120 valence electrons. The molecule has 1 heterocycles. The minimum atomic E-state index is -0.303. The maximum absolute atomic E-state index is 11.7. The number of nitrogens with zero attached hydrogens (tertiary/aromatic N) is 2. The highest BCUT2D eigenvalue weighted by Gasteiger charge is 2.06. The van der Waals surface area contributed by atoms with Gasteiger partial charge in [0.15, 0.2) is 5.69 Å². The third-order valence-electron chi connectivity index (χ3n) is 3.13. The van der Waals surface area contributed by atoms with Gasteiger partial charge >= 0.3 is 0 Å². The third-order valence-corrected chi connectivity index (χ3v) is 3.13. The van der Waals surface area contributed by atoms with Gasteiger partial charge in [-0.05, 0) is 24.1 Å². The summed E-state index contributed by atoms with van der Waals surface area (Å²) < 4.78 is 0. The summed E-state index contributed by atoms with van der Waals surface area (Å²) in [5.74, 6) is 0.0108. The first-order chi connectivity index (χ1) is 11.2. The molecule has 0 bridgehead atoms. The number of anilines is 1. The van der Waals surface area contributed by atoms with Crippen molar-refractivity contribution in [3.8, 4) is 0 Å². The van der Waals surface area contributed by atoms with Gasteiger partial charge in [-0.2, -0.15) is 0 Å². The Labute approximate surface area is 134 Å². The second kappa shape index (κ2) is 8.47. The molecule has 3 N–H and O–H groups in total. The number of rotatable bonds is 7. The average molecular weight is 313 g/mol. The zero-order chi connectivity index (χ0) is 16.5. The molecule has 0 fully saturated rings. The molecule has 0 aliphatic rings. The number of hydrogen-bond donors (Lipinski definition) is 3. The van der Waals surface area contributed by atoms with Crippen LogP contribution in [-0.4, -0.2) is 42.1 Å². The Morgan fingerprint density at radius 2 is 1.83 bits per heavy atom. The number of carbonyl (C=O) groups excluding carboxylic acids is 2. The van der Waals surface area contributed by atoms with Gasteiger partial charge in [0, 0.05) is 13.6 Å². The summed E-state index contributed by atoms with van der Waals surface area (Å²) in [4.78, 5) is 23.1. The molecule has 7 nitrogen and oxygen atoms in total. The van der Waals surface area contributed by atoms with E-state index in [0.717, 1.165) is 6.42 Å². The molecule has 2 amide bonds. The average Bonchev–Trinajstić information content (AvgIpc) is 2.60. The predicted octanol–water partition coefficient (Wildman–Crippen LogP) is 0.607. The Hall–Kier alpha value is -2.96. The quantitative estimate of drug-likeness (QED) is 0.696. The van der Waals surface area contributed by atoms with E-state index in [4.69, 9.17) is 0 Å². The van der Waals surface area contributed by atoms with Gasteiger partial charge in [-0.1, -0.05) is 30.3 Å². The van der Waals surface area contributed by atoms with Gasteiger partial charge in [-0.25, -0.2) is 0 Å². The van der Waals surface area contributed by atoms with Crippen LogP contribution in [0.2, 0.25) is 0 Å². The Morgan fingerprint density at radius 1 is 1.04 bits per heavy atom. The molecule has 1 aromatic heterocycles. The van der Waals surface area contributed by atoms with E-state index in [9.17, 15) is 9.59 Å². The van der Waals surface area contributed by atoms with Crippen molar-refractivity contribution in [3.63, 3.8) is 0 Å². The highest BCUT2D eigenvalue weighted by atomic mass is 16.2. The number of hydrogen-bond acceptors (Lipinski definition) is 5. The van der Waals surface area contributed by atoms with E-state index in [1.165, 1.54) is 12.6 Å². The summed E-state index contributed by atoms with van der Waals surface area (Å²) >= 11 is 0. The Kier molecular flexibility index (Phi) is 6.05. The molecule has 0 saturated carbocycles. The normalized spacial score (nSPS) is 9.96. The maximum Gasteiger partial charge on any atom is 0.271 e. The standard InChI is InChI=1S/C16H19N5O2/c1-17-16(23)13-7-8-14(21-20-13)19-11-15(22)18-10-9-12-5-3-2-4-6-12/h2-8H,9-11H2,1H3,(H,17,23)(H,18,22)(H,19,21). The second-order valence-electron chi connectivity index (χ2n) is 4.82. The van der Waals surface area contributed by atoms with Crippen molar-refractivity contribution in [2.75, 3.05) is 25.5 Å². The Morgan fingerprint density at radius 3 is 2.48 bits per heavy atom. The Bertz CT molecular complexity index is 643. The molecule has 0 atom stereocenters. The highest BCUT2D eigenvalue weighted by Crippen LogP contribution is 2.01. The molecule has 0 aliphatic heterocycles. The molecule has 2 aromatic rings. The maximum atomic E-state index is 11.7. The molecule has 1 aromatic carbocycles. The van der Waals surface area contributed by atoms with Crippen LogP contribution in [0.1, 0.15) is 16.1 Å². The van der Waals surface area contributed by atoms with Crippen LogP contribution in [0.25, 0.3) is 0 Å². The highest BCUT2D eigenvalue weighted by molar-refractivity contribution is 5.91. The predicted molar refractivity (Wildman–Crippen MR) is 87.1 cm³/mol. The van der Waals surface area contributed by atoms with Gasteiger partial charge in [0.2, 0.25) is 5.91 Å². The monoisotopic (exact) mass is 313 g/mol. The number of benzene rings is 1. The second-order valence-corrected chi connectivity index (χ2v) is 4.82. The summed E-state index contributed by atoms with van der Waals surface area (Å²) in [6.07, 6.45) is 0.785. The van der Waals surface area contributed by atoms with Crippen molar-refractivity contribution in [3.05, 3.63) is 53.7 Å². The van der Waals surface area contributed by atoms with Crippen molar-refractivity contribution in [2.24, 2.45) is 0 Å². The van der Waals surface area contributed by atoms with Crippen molar-refractivity contribution in [1.82, 2.24) is 20.8 Å². The fraction of sp³-hybridized carbons (Fsp3) is 0.250. The molecule has 0 unspecified atom stereocenters. The number of amides is 2. The third kappa shape index (κ3) is 5.39. The number of aromatic nitrogens is 2. The van der Waals surface area contributed by atoms with Crippen molar-refractivity contribution < 1.29 is 9.59 Å². The molecule has 23 heavy (non-hydrogen) atoms. The smallest absolute Gasteiger partial charge is 0.271 e. The van der Waals surface area contributed by atoms with E-state index in [2.05, 4.69) is 26.1 Å². The lowest BCUT2D eigenvalue weighted by atomic mass is 10.1. The van der Waals surface area contributed by atoms with Crippen molar-refractivity contribution in [1.29, 1.82) is 0 Å². The topological polar surface area (TPSA) is 96.0 Å². The fourth-order valence-corrected chi connectivity index (χ4v) is 1.90. The first-order valence-corrected chi connectivity index (χ1v) is 7.29.